The summed E-state index contributed by atoms with van der Waals surface area (Å²) in [7, 11) is 0. The first-order valence-corrected chi connectivity index (χ1v) is 8.95. The van der Waals surface area contributed by atoms with Gasteiger partial charge in [-0.05, 0) is 81.7 Å². The molecule has 0 bridgehead atoms. The van der Waals surface area contributed by atoms with Crippen LogP contribution in [0.15, 0.2) is 36.4 Å². The second kappa shape index (κ2) is 8.16. The first-order valence-electron chi connectivity index (χ1n) is 6.38. The van der Waals surface area contributed by atoms with Crippen LogP contribution >= 0.6 is 57.4 Å². The van der Waals surface area contributed by atoms with E-state index < -0.39 is 17.7 Å². The molecule has 2 aromatic rings. The lowest BCUT2D eigenvalue weighted by Gasteiger charge is -2.14. The third kappa shape index (κ3) is 4.60. The molecule has 0 spiro atoms. The van der Waals surface area contributed by atoms with Crippen molar-refractivity contribution in [3.05, 3.63) is 60.5 Å². The lowest BCUT2D eigenvalue weighted by atomic mass is 10.2. The summed E-state index contributed by atoms with van der Waals surface area (Å²) in [5, 5.41) is 14.2. The van der Waals surface area contributed by atoms with E-state index in [2.05, 4.69) is 10.6 Å². The molecule has 0 saturated heterocycles. The quantitative estimate of drug-likeness (QED) is 0.386. The smallest absolute Gasteiger partial charge is 0.337 e. The molecule has 0 unspecified atom stereocenters. The minimum Gasteiger partial charge on any atom is -0.478 e. The average molecular weight is 570 g/mol. The normalized spacial score (nSPS) is 10.1. The van der Waals surface area contributed by atoms with Crippen molar-refractivity contribution in [3.63, 3.8) is 0 Å². The molecule has 9 heteroatoms. The summed E-state index contributed by atoms with van der Waals surface area (Å²) in [6, 6.07) is 8.72. The molecule has 24 heavy (non-hydrogen) atoms. The zero-order valence-electron chi connectivity index (χ0n) is 11.8. The van der Waals surface area contributed by atoms with Crippen molar-refractivity contribution >= 4 is 80.1 Å². The van der Waals surface area contributed by atoms with Crippen LogP contribution in [0.2, 0.25) is 0 Å². The number of hydrogen-bond acceptors (Lipinski definition) is 3. The van der Waals surface area contributed by atoms with Crippen molar-refractivity contribution in [1.29, 1.82) is 0 Å². The highest BCUT2D eigenvalue weighted by atomic mass is 127. The highest BCUT2D eigenvalue weighted by Gasteiger charge is 2.17. The SMILES string of the molecule is O=C(NC(=S)Nc1c(I)cc(I)cc1C(=O)O)c1ccccc1F. The van der Waals surface area contributed by atoms with E-state index in [0.717, 1.165) is 9.64 Å². The molecule has 0 aliphatic heterocycles. The second-order valence-electron chi connectivity index (χ2n) is 4.50. The first-order chi connectivity index (χ1) is 11.3. The molecule has 0 aliphatic carbocycles. The van der Waals surface area contributed by atoms with E-state index >= 15 is 0 Å². The minimum atomic E-state index is -1.13. The van der Waals surface area contributed by atoms with Gasteiger partial charge in [0.2, 0.25) is 0 Å². The molecule has 124 valence electrons. The highest BCUT2D eigenvalue weighted by molar-refractivity contribution is 14.1. The monoisotopic (exact) mass is 570 g/mol. The largest absolute Gasteiger partial charge is 0.478 e. The van der Waals surface area contributed by atoms with Crippen LogP contribution < -0.4 is 10.6 Å². The Morgan fingerprint density at radius 2 is 1.79 bits per heavy atom. The Kier molecular flexibility index (Phi) is 6.46. The lowest BCUT2D eigenvalue weighted by Crippen LogP contribution is -2.35. The van der Waals surface area contributed by atoms with E-state index in [1.165, 1.54) is 24.3 Å². The number of carbonyl (C=O) groups excluding carboxylic acids is 1. The maximum atomic E-state index is 13.6. The van der Waals surface area contributed by atoms with Crippen molar-refractivity contribution in [2.24, 2.45) is 0 Å². The summed E-state index contributed by atoms with van der Waals surface area (Å²) in [4.78, 5) is 23.4. The van der Waals surface area contributed by atoms with Crippen LogP contribution in [-0.2, 0) is 0 Å². The van der Waals surface area contributed by atoms with E-state index in [-0.39, 0.29) is 21.9 Å². The molecule has 2 aromatic carbocycles. The molecule has 0 heterocycles. The van der Waals surface area contributed by atoms with Crippen molar-refractivity contribution in [3.8, 4) is 0 Å². The zero-order valence-corrected chi connectivity index (χ0v) is 16.9. The van der Waals surface area contributed by atoms with Gasteiger partial charge in [0.15, 0.2) is 5.11 Å². The van der Waals surface area contributed by atoms with Crippen molar-refractivity contribution in [2.75, 3.05) is 5.32 Å². The maximum Gasteiger partial charge on any atom is 0.337 e. The number of carbonyl (C=O) groups is 2. The van der Waals surface area contributed by atoms with Gasteiger partial charge in [-0.2, -0.15) is 0 Å². The zero-order chi connectivity index (χ0) is 17.9. The Labute approximate surface area is 169 Å². The number of aromatic carboxylic acids is 1. The minimum absolute atomic E-state index is 0.0220. The fourth-order valence-electron chi connectivity index (χ4n) is 1.83. The van der Waals surface area contributed by atoms with Crippen LogP contribution in [0.1, 0.15) is 20.7 Å². The Morgan fingerprint density at radius 3 is 2.42 bits per heavy atom. The summed E-state index contributed by atoms with van der Waals surface area (Å²) in [6.07, 6.45) is 0. The van der Waals surface area contributed by atoms with Gasteiger partial charge < -0.3 is 10.4 Å². The van der Waals surface area contributed by atoms with Crippen molar-refractivity contribution in [2.45, 2.75) is 0 Å². The van der Waals surface area contributed by atoms with Gasteiger partial charge in [0.1, 0.15) is 5.82 Å². The van der Waals surface area contributed by atoms with Crippen LogP contribution in [0.5, 0.6) is 0 Å². The number of thiocarbonyl (C=S) groups is 1. The van der Waals surface area contributed by atoms with Crippen LogP contribution in [0.25, 0.3) is 0 Å². The molecular weight excluding hydrogens is 561 g/mol. The van der Waals surface area contributed by atoms with Gasteiger partial charge in [-0.3, -0.25) is 10.1 Å². The van der Waals surface area contributed by atoms with E-state index in [1.54, 1.807) is 6.07 Å². The van der Waals surface area contributed by atoms with Gasteiger partial charge in [0, 0.05) is 7.14 Å². The van der Waals surface area contributed by atoms with Gasteiger partial charge in [0.25, 0.3) is 5.91 Å². The van der Waals surface area contributed by atoms with E-state index in [9.17, 15) is 19.1 Å². The summed E-state index contributed by atoms with van der Waals surface area (Å²) in [5.41, 5.74) is 0.133. The van der Waals surface area contributed by atoms with Gasteiger partial charge >= 0.3 is 5.97 Å². The standard InChI is InChI=1S/C15H9FI2N2O3S/c16-10-4-2-1-3-8(10)13(21)20-15(24)19-12-9(14(22)23)5-7(17)6-11(12)18/h1-6H,(H,22,23)(H2,19,20,21,24). The fourth-order valence-corrected chi connectivity index (χ4v) is 4.00. The van der Waals surface area contributed by atoms with Crippen LogP contribution in [0, 0.1) is 13.0 Å². The Balaban J connectivity index is 2.20. The molecular formula is C15H9FI2N2O3S. The van der Waals surface area contributed by atoms with Crippen LogP contribution in [-0.4, -0.2) is 22.1 Å². The summed E-state index contributed by atoms with van der Waals surface area (Å²) in [6.45, 7) is 0. The number of amides is 1. The molecule has 0 radical (unpaired) electrons. The Morgan fingerprint density at radius 1 is 1.12 bits per heavy atom. The lowest BCUT2D eigenvalue weighted by molar-refractivity contribution is 0.0697. The summed E-state index contributed by atoms with van der Waals surface area (Å²) < 4.78 is 15.0. The van der Waals surface area contributed by atoms with E-state index in [4.69, 9.17) is 12.2 Å². The summed E-state index contributed by atoms with van der Waals surface area (Å²) >= 11 is 9.00. The first kappa shape index (κ1) is 19.0. The number of benzene rings is 2. The van der Waals surface area contributed by atoms with Crippen molar-refractivity contribution < 1.29 is 19.1 Å². The van der Waals surface area contributed by atoms with Gasteiger partial charge in [-0.15, -0.1) is 0 Å². The molecule has 0 fully saturated rings. The maximum absolute atomic E-state index is 13.6. The third-order valence-electron chi connectivity index (χ3n) is 2.87. The molecule has 0 aliphatic rings. The van der Waals surface area contributed by atoms with Crippen LogP contribution in [0.4, 0.5) is 10.1 Å². The number of carboxylic acids is 1. The number of anilines is 1. The Hall–Kier alpha value is -1.34. The third-order valence-corrected chi connectivity index (χ3v) is 4.55. The molecule has 2 rings (SSSR count). The van der Waals surface area contributed by atoms with Gasteiger partial charge in [0.05, 0.1) is 16.8 Å². The van der Waals surface area contributed by atoms with Crippen LogP contribution in [0.3, 0.4) is 0 Å². The topological polar surface area (TPSA) is 78.4 Å². The number of nitrogens with one attached hydrogen (secondary N) is 2. The predicted octanol–water partition coefficient (Wildman–Crippen LogP) is 3.86. The molecule has 0 saturated carbocycles. The Bertz CT molecular complexity index is 845. The second-order valence-corrected chi connectivity index (χ2v) is 7.32. The summed E-state index contributed by atoms with van der Waals surface area (Å²) in [5.74, 6) is -2.52. The van der Waals surface area contributed by atoms with E-state index in [0.29, 0.717) is 3.57 Å². The fraction of sp³-hybridized carbons (Fsp3) is 0. The number of carboxylic acid groups (broad SMARTS) is 1. The molecule has 3 N–H and O–H groups in total. The van der Waals surface area contributed by atoms with Gasteiger partial charge in [-0.25, -0.2) is 9.18 Å². The average Bonchev–Trinajstić information content (AvgIpc) is 2.49. The van der Waals surface area contributed by atoms with Crippen molar-refractivity contribution in [1.82, 2.24) is 5.32 Å². The van der Waals surface area contributed by atoms with E-state index in [1.807, 2.05) is 45.2 Å². The van der Waals surface area contributed by atoms with Gasteiger partial charge in [-0.1, -0.05) is 12.1 Å². The molecule has 0 aromatic heterocycles. The number of hydrogen-bond donors (Lipinski definition) is 3. The highest BCUT2D eigenvalue weighted by Crippen LogP contribution is 2.26. The number of rotatable bonds is 3. The molecule has 5 nitrogen and oxygen atoms in total. The molecule has 1 amide bonds. The number of halogens is 3. The predicted molar refractivity (Wildman–Crippen MR) is 109 cm³/mol. The molecule has 0 atom stereocenters.